The number of hydrogen-bond donors (Lipinski definition) is 1. The average Bonchev–Trinajstić information content (AvgIpc) is 2.83. The Morgan fingerprint density at radius 3 is 2.94 bits per heavy atom. The molecular formula is C14H20N2O2. The van der Waals surface area contributed by atoms with Crippen molar-refractivity contribution < 1.29 is 9.53 Å². The molecule has 0 aromatic heterocycles. The summed E-state index contributed by atoms with van der Waals surface area (Å²) in [5.74, 6) is 0.825. The number of para-hydroxylation sites is 1. The lowest BCUT2D eigenvalue weighted by molar-refractivity contribution is -0.132. The summed E-state index contributed by atoms with van der Waals surface area (Å²) in [6.45, 7) is 3.57. The van der Waals surface area contributed by atoms with Crippen LogP contribution in [0.2, 0.25) is 0 Å². The monoisotopic (exact) mass is 248 g/mol. The minimum atomic E-state index is 0.0221. The molecular weight excluding hydrogens is 228 g/mol. The van der Waals surface area contributed by atoms with Crippen LogP contribution in [0.1, 0.15) is 18.9 Å². The Bertz CT molecular complexity index is 420. The smallest absolute Gasteiger partial charge is 0.260 e. The molecule has 1 atom stereocenters. The van der Waals surface area contributed by atoms with Gasteiger partial charge in [0.2, 0.25) is 0 Å². The summed E-state index contributed by atoms with van der Waals surface area (Å²) in [6.07, 6.45) is 1.79. The average molecular weight is 248 g/mol. The molecule has 4 nitrogen and oxygen atoms in total. The molecule has 2 N–H and O–H groups in total. The highest BCUT2D eigenvalue weighted by Gasteiger charge is 2.23. The number of likely N-dealkylation sites (tertiary alicyclic amines) is 1. The third-order valence-electron chi connectivity index (χ3n) is 3.28. The van der Waals surface area contributed by atoms with Gasteiger partial charge in [-0.15, -0.1) is 0 Å². The number of carbonyl (C=O) groups excluding carboxylic acids is 1. The number of aryl methyl sites for hydroxylation is 1. The third kappa shape index (κ3) is 3.01. The van der Waals surface area contributed by atoms with Crippen molar-refractivity contribution in [2.75, 3.05) is 19.7 Å². The lowest BCUT2D eigenvalue weighted by Crippen LogP contribution is -2.35. The molecule has 1 heterocycles. The molecule has 0 unspecified atom stereocenters. The van der Waals surface area contributed by atoms with E-state index in [1.807, 2.05) is 24.3 Å². The number of ether oxygens (including phenoxy) is 1. The molecule has 4 heteroatoms. The van der Waals surface area contributed by atoms with Crippen molar-refractivity contribution in [3.05, 3.63) is 29.8 Å². The Labute approximate surface area is 108 Å². The minimum absolute atomic E-state index is 0.0221. The molecule has 0 spiro atoms. The van der Waals surface area contributed by atoms with Crippen molar-refractivity contribution in [2.45, 2.75) is 25.8 Å². The van der Waals surface area contributed by atoms with Gasteiger partial charge in [0.05, 0.1) is 0 Å². The van der Waals surface area contributed by atoms with Crippen LogP contribution in [-0.2, 0) is 11.2 Å². The molecule has 1 aromatic rings. The topological polar surface area (TPSA) is 55.6 Å². The second kappa shape index (κ2) is 5.87. The zero-order valence-electron chi connectivity index (χ0n) is 10.8. The number of hydrogen-bond acceptors (Lipinski definition) is 3. The van der Waals surface area contributed by atoms with Gasteiger partial charge in [0.1, 0.15) is 5.75 Å². The summed E-state index contributed by atoms with van der Waals surface area (Å²) in [4.78, 5) is 13.7. The summed E-state index contributed by atoms with van der Waals surface area (Å²) in [5, 5.41) is 0. The van der Waals surface area contributed by atoms with E-state index in [-0.39, 0.29) is 18.6 Å². The molecule has 98 valence electrons. The van der Waals surface area contributed by atoms with Crippen LogP contribution in [0.4, 0.5) is 0 Å². The molecule has 1 fully saturated rings. The molecule has 18 heavy (non-hydrogen) atoms. The first kappa shape index (κ1) is 12.9. The SMILES string of the molecule is CCc1ccccc1OCC(=O)N1CC[C@H](N)C1. The first-order valence-electron chi connectivity index (χ1n) is 6.44. The second-order valence-corrected chi connectivity index (χ2v) is 4.64. The molecule has 0 radical (unpaired) electrons. The Balaban J connectivity index is 1.89. The predicted octanol–water partition coefficient (Wildman–Crippen LogP) is 1.19. The van der Waals surface area contributed by atoms with Crippen molar-refractivity contribution in [1.82, 2.24) is 4.90 Å². The molecule has 0 saturated carbocycles. The number of amides is 1. The fourth-order valence-electron chi connectivity index (χ4n) is 2.18. The van der Waals surface area contributed by atoms with Gasteiger partial charge in [0, 0.05) is 19.1 Å². The van der Waals surface area contributed by atoms with Crippen LogP contribution in [0, 0.1) is 0 Å². The first-order valence-corrected chi connectivity index (χ1v) is 6.44. The number of benzene rings is 1. The van der Waals surface area contributed by atoms with Gasteiger partial charge in [-0.2, -0.15) is 0 Å². The van der Waals surface area contributed by atoms with E-state index >= 15 is 0 Å². The summed E-state index contributed by atoms with van der Waals surface area (Å²) in [5.41, 5.74) is 6.91. The predicted molar refractivity (Wildman–Crippen MR) is 70.5 cm³/mol. The van der Waals surface area contributed by atoms with Crippen molar-refractivity contribution >= 4 is 5.91 Å². The summed E-state index contributed by atoms with van der Waals surface area (Å²) in [7, 11) is 0. The van der Waals surface area contributed by atoms with Crippen molar-refractivity contribution in [2.24, 2.45) is 5.73 Å². The molecule has 1 aliphatic heterocycles. The van der Waals surface area contributed by atoms with Crippen molar-refractivity contribution in [3.8, 4) is 5.75 Å². The van der Waals surface area contributed by atoms with Crippen LogP contribution < -0.4 is 10.5 Å². The zero-order valence-corrected chi connectivity index (χ0v) is 10.8. The Kier molecular flexibility index (Phi) is 4.20. The lowest BCUT2D eigenvalue weighted by Gasteiger charge is -2.17. The van der Waals surface area contributed by atoms with Crippen LogP contribution in [0.15, 0.2) is 24.3 Å². The number of nitrogens with two attached hydrogens (primary N) is 1. The number of nitrogens with zero attached hydrogens (tertiary/aromatic N) is 1. The lowest BCUT2D eigenvalue weighted by atomic mass is 10.1. The first-order chi connectivity index (χ1) is 8.70. The van der Waals surface area contributed by atoms with E-state index in [1.54, 1.807) is 4.90 Å². The van der Waals surface area contributed by atoms with Gasteiger partial charge in [0.25, 0.3) is 5.91 Å². The number of rotatable bonds is 4. The highest BCUT2D eigenvalue weighted by molar-refractivity contribution is 5.78. The molecule has 1 aliphatic rings. The van der Waals surface area contributed by atoms with Crippen LogP contribution in [0.5, 0.6) is 5.75 Å². The fourth-order valence-corrected chi connectivity index (χ4v) is 2.18. The van der Waals surface area contributed by atoms with Gasteiger partial charge in [-0.05, 0) is 24.5 Å². The Morgan fingerprint density at radius 1 is 1.50 bits per heavy atom. The maximum atomic E-state index is 11.9. The Morgan fingerprint density at radius 2 is 2.28 bits per heavy atom. The van der Waals surface area contributed by atoms with Crippen molar-refractivity contribution in [3.63, 3.8) is 0 Å². The second-order valence-electron chi connectivity index (χ2n) is 4.64. The van der Waals surface area contributed by atoms with Gasteiger partial charge in [-0.3, -0.25) is 4.79 Å². The standard InChI is InChI=1S/C14H20N2O2/c1-2-11-5-3-4-6-13(11)18-10-14(17)16-8-7-12(15)9-16/h3-6,12H,2,7-10,15H2,1H3/t12-/m0/s1. The molecule has 1 saturated heterocycles. The van der Waals surface area contributed by atoms with Gasteiger partial charge in [-0.1, -0.05) is 25.1 Å². The molecule has 1 aromatic carbocycles. The quantitative estimate of drug-likeness (QED) is 0.870. The highest BCUT2D eigenvalue weighted by atomic mass is 16.5. The largest absolute Gasteiger partial charge is 0.483 e. The van der Waals surface area contributed by atoms with Crippen LogP contribution in [0.25, 0.3) is 0 Å². The normalized spacial score (nSPS) is 19.0. The van der Waals surface area contributed by atoms with Gasteiger partial charge < -0.3 is 15.4 Å². The molecule has 2 rings (SSSR count). The van der Waals surface area contributed by atoms with E-state index in [4.69, 9.17) is 10.5 Å². The van der Waals surface area contributed by atoms with Crippen molar-refractivity contribution in [1.29, 1.82) is 0 Å². The van der Waals surface area contributed by atoms with E-state index in [9.17, 15) is 4.79 Å². The third-order valence-corrected chi connectivity index (χ3v) is 3.28. The fraction of sp³-hybridized carbons (Fsp3) is 0.500. The zero-order chi connectivity index (χ0) is 13.0. The highest BCUT2D eigenvalue weighted by Crippen LogP contribution is 2.18. The summed E-state index contributed by atoms with van der Waals surface area (Å²) in [6, 6.07) is 7.95. The minimum Gasteiger partial charge on any atom is -0.483 e. The van der Waals surface area contributed by atoms with E-state index in [1.165, 1.54) is 0 Å². The maximum absolute atomic E-state index is 11.9. The van der Waals surface area contributed by atoms with Crippen LogP contribution >= 0.6 is 0 Å². The molecule has 0 aliphatic carbocycles. The van der Waals surface area contributed by atoms with Gasteiger partial charge in [0.15, 0.2) is 6.61 Å². The molecule has 1 amide bonds. The molecule has 0 bridgehead atoms. The van der Waals surface area contributed by atoms with Crippen LogP contribution in [-0.4, -0.2) is 36.5 Å². The van der Waals surface area contributed by atoms with Crippen LogP contribution in [0.3, 0.4) is 0 Å². The van der Waals surface area contributed by atoms with E-state index in [0.717, 1.165) is 30.7 Å². The Hall–Kier alpha value is -1.55. The van der Waals surface area contributed by atoms with E-state index in [2.05, 4.69) is 6.92 Å². The summed E-state index contributed by atoms with van der Waals surface area (Å²) < 4.78 is 5.61. The summed E-state index contributed by atoms with van der Waals surface area (Å²) >= 11 is 0. The van der Waals surface area contributed by atoms with E-state index in [0.29, 0.717) is 6.54 Å². The maximum Gasteiger partial charge on any atom is 0.260 e. The van der Waals surface area contributed by atoms with Gasteiger partial charge in [-0.25, -0.2) is 0 Å². The number of carbonyl (C=O) groups is 1. The van der Waals surface area contributed by atoms with Gasteiger partial charge >= 0.3 is 0 Å². The van der Waals surface area contributed by atoms with E-state index < -0.39 is 0 Å².